The van der Waals surface area contributed by atoms with Crippen molar-refractivity contribution in [1.29, 1.82) is 0 Å². The molecule has 2 aliphatic carbocycles. The van der Waals surface area contributed by atoms with E-state index in [1.807, 2.05) is 0 Å². The van der Waals surface area contributed by atoms with Gasteiger partial charge in [0.25, 0.3) is 0 Å². The lowest BCUT2D eigenvalue weighted by molar-refractivity contribution is 0.569. The van der Waals surface area contributed by atoms with E-state index in [9.17, 15) is 0 Å². The highest BCUT2D eigenvalue weighted by molar-refractivity contribution is 6.29. The topological polar surface area (TPSA) is 0 Å². The third kappa shape index (κ3) is 6.26. The molecule has 0 heteroatoms. The Balaban J connectivity index is 1.23. The summed E-state index contributed by atoms with van der Waals surface area (Å²) in [5.74, 6) is 0. The van der Waals surface area contributed by atoms with Crippen molar-refractivity contribution in [3.8, 4) is 66.8 Å². The molecule has 10 aromatic carbocycles. The Morgan fingerprint density at radius 2 is 0.794 bits per heavy atom. The summed E-state index contributed by atoms with van der Waals surface area (Å²) >= 11 is 0. The molecule has 0 aromatic heterocycles. The molecule has 10 aromatic rings. The average Bonchev–Trinajstić information content (AvgIpc) is 3.81. The highest BCUT2D eigenvalue weighted by atomic mass is 14.5. The Hall–Kier alpha value is -7.28. The van der Waals surface area contributed by atoms with Crippen LogP contribution >= 0.6 is 0 Å². The first-order valence-corrected chi connectivity index (χ1v) is 24.5. The number of benzene rings is 10. The summed E-state index contributed by atoms with van der Waals surface area (Å²) in [6, 6.07) is 72.8. The average molecular weight is 875 g/mol. The molecule has 0 unspecified atom stereocenters. The predicted octanol–water partition coefficient (Wildman–Crippen LogP) is 18.5. The second-order valence-electron chi connectivity index (χ2n) is 21.9. The van der Waals surface area contributed by atoms with Gasteiger partial charge in [-0.2, -0.15) is 0 Å². The number of aryl methyl sites for hydroxylation is 3. The van der Waals surface area contributed by atoms with E-state index in [-0.39, 0.29) is 10.8 Å². The van der Waals surface area contributed by atoms with Crippen LogP contribution in [0.2, 0.25) is 0 Å². The number of hydrogen-bond acceptors (Lipinski definition) is 0. The summed E-state index contributed by atoms with van der Waals surface area (Å²) in [5, 5.41) is 5.17. The van der Waals surface area contributed by atoms with Crippen LogP contribution in [0.4, 0.5) is 0 Å². The monoisotopic (exact) mass is 874 g/mol. The first-order valence-electron chi connectivity index (χ1n) is 24.5. The summed E-state index contributed by atoms with van der Waals surface area (Å²) in [6.45, 7) is 20.7. The van der Waals surface area contributed by atoms with Crippen molar-refractivity contribution in [3.63, 3.8) is 0 Å². The summed E-state index contributed by atoms with van der Waals surface area (Å²) < 4.78 is 0. The molecule has 0 radical (unpaired) electrons. The summed E-state index contributed by atoms with van der Waals surface area (Å²) in [5.41, 5.74) is 26.8. The van der Waals surface area contributed by atoms with Crippen LogP contribution < -0.4 is 0 Å². The van der Waals surface area contributed by atoms with Crippen LogP contribution in [-0.2, 0) is 16.2 Å². The van der Waals surface area contributed by atoms with Gasteiger partial charge in [0.2, 0.25) is 0 Å². The summed E-state index contributed by atoms with van der Waals surface area (Å²) in [7, 11) is 0. The van der Waals surface area contributed by atoms with E-state index in [4.69, 9.17) is 0 Å². The Morgan fingerprint density at radius 1 is 0.309 bits per heavy atom. The summed E-state index contributed by atoms with van der Waals surface area (Å²) in [4.78, 5) is 0. The molecule has 0 heterocycles. The number of rotatable bonds is 5. The minimum absolute atomic E-state index is 0.00752. The normalized spacial score (nSPS) is 13.5. The molecule has 0 N–H and O–H groups in total. The van der Waals surface area contributed by atoms with Crippen LogP contribution in [0.5, 0.6) is 0 Å². The van der Waals surface area contributed by atoms with Gasteiger partial charge in [-0.25, -0.2) is 0 Å². The molecular formula is C68H58. The second-order valence-corrected chi connectivity index (χ2v) is 21.9. The van der Waals surface area contributed by atoms with Crippen molar-refractivity contribution in [2.24, 2.45) is 0 Å². The van der Waals surface area contributed by atoms with Gasteiger partial charge >= 0.3 is 0 Å². The van der Waals surface area contributed by atoms with Crippen LogP contribution in [0.15, 0.2) is 188 Å². The van der Waals surface area contributed by atoms with E-state index in [1.54, 1.807) is 0 Å². The quantitative estimate of drug-likeness (QED) is 0.162. The lowest BCUT2D eigenvalue weighted by atomic mass is 9.66. The van der Waals surface area contributed by atoms with Gasteiger partial charge < -0.3 is 0 Å². The van der Waals surface area contributed by atoms with Crippen LogP contribution in [0, 0.1) is 20.8 Å². The van der Waals surface area contributed by atoms with Gasteiger partial charge in [0, 0.05) is 0 Å². The fraction of sp³-hybridized carbons (Fsp3) is 0.176. The first kappa shape index (κ1) is 42.1. The van der Waals surface area contributed by atoms with E-state index in [1.165, 1.54) is 138 Å². The molecule has 0 bridgehead atoms. The SMILES string of the molecule is Cc1ccc(C2(c3ccc4c(-c5ccccc5)c5c(c(-c6ccccc6)c4c3)-c3ccc(-c4cc(C(C)(C)C)cc(C(C)(C)C)c4)c4cccc-5c34)c3cc(C)ccc3-c3ccc(C)cc32)cc1. The molecule has 0 saturated carbocycles. The Labute approximate surface area is 403 Å². The molecular weight excluding hydrogens is 817 g/mol. The van der Waals surface area contributed by atoms with Gasteiger partial charge in [0.05, 0.1) is 5.41 Å². The van der Waals surface area contributed by atoms with E-state index in [0.29, 0.717) is 0 Å². The fourth-order valence-corrected chi connectivity index (χ4v) is 11.9. The number of fused-ring (bicyclic) bond motifs is 7. The minimum atomic E-state index is -0.546. The van der Waals surface area contributed by atoms with E-state index < -0.39 is 5.41 Å². The van der Waals surface area contributed by atoms with Gasteiger partial charge in [-0.3, -0.25) is 0 Å². The highest BCUT2D eigenvalue weighted by Gasteiger charge is 2.47. The highest BCUT2D eigenvalue weighted by Crippen LogP contribution is 2.61. The second kappa shape index (κ2) is 15.1. The van der Waals surface area contributed by atoms with Crippen LogP contribution in [0.1, 0.15) is 91.6 Å². The Kier molecular flexibility index (Phi) is 9.36. The molecule has 0 nitrogen and oxygen atoms in total. The molecule has 0 amide bonds. The third-order valence-corrected chi connectivity index (χ3v) is 15.4. The van der Waals surface area contributed by atoms with Gasteiger partial charge in [0.15, 0.2) is 0 Å². The molecule has 2 aliphatic rings. The molecule has 12 rings (SSSR count). The fourth-order valence-electron chi connectivity index (χ4n) is 11.9. The third-order valence-electron chi connectivity index (χ3n) is 15.4. The smallest absolute Gasteiger partial charge is 0.0622 e. The molecule has 68 heavy (non-hydrogen) atoms. The van der Waals surface area contributed by atoms with Crippen molar-refractivity contribution in [2.75, 3.05) is 0 Å². The molecule has 0 atom stereocenters. The van der Waals surface area contributed by atoms with Gasteiger partial charge in [-0.1, -0.05) is 240 Å². The van der Waals surface area contributed by atoms with Crippen molar-refractivity contribution < 1.29 is 0 Å². The Morgan fingerprint density at radius 3 is 1.35 bits per heavy atom. The zero-order chi connectivity index (χ0) is 46.9. The molecule has 0 saturated heterocycles. The maximum Gasteiger partial charge on any atom is 0.0713 e. The zero-order valence-corrected chi connectivity index (χ0v) is 40.9. The lowest BCUT2D eigenvalue weighted by Crippen LogP contribution is -2.29. The lowest BCUT2D eigenvalue weighted by Gasteiger charge is -2.35. The molecule has 0 fully saturated rings. The Bertz CT molecular complexity index is 3600. The summed E-state index contributed by atoms with van der Waals surface area (Å²) in [6.07, 6.45) is 0. The van der Waals surface area contributed by atoms with Gasteiger partial charge in [0.1, 0.15) is 0 Å². The molecule has 0 spiro atoms. The molecule has 330 valence electrons. The number of hydrogen-bond donors (Lipinski definition) is 0. The predicted molar refractivity (Wildman–Crippen MR) is 291 cm³/mol. The largest absolute Gasteiger partial charge is 0.0713 e. The maximum atomic E-state index is 2.59. The molecule has 0 aliphatic heterocycles. The van der Waals surface area contributed by atoms with Crippen molar-refractivity contribution in [2.45, 2.75) is 78.6 Å². The minimum Gasteiger partial charge on any atom is -0.0622 e. The van der Waals surface area contributed by atoms with E-state index >= 15 is 0 Å². The maximum absolute atomic E-state index is 2.59. The standard InChI is InChI=1S/C68H58/c1-41-23-27-47(28-24-41)68(59-35-42(2)25-30-52(59)53-31-26-43(3)36-60(53)68)48-29-32-55-58(40-48)62(45-19-14-11-15-20-45)65-57-34-33-51(46-37-49(66(4,5)6)39-50(38-46)67(7,8)9)54-21-16-22-56(63(54)57)64(65)61(55)44-17-12-10-13-18-44/h10-40H,1-9H3. The van der Waals surface area contributed by atoms with Gasteiger partial charge in [-0.15, -0.1) is 0 Å². The van der Waals surface area contributed by atoms with Crippen molar-refractivity contribution in [3.05, 3.63) is 238 Å². The van der Waals surface area contributed by atoms with Crippen molar-refractivity contribution >= 4 is 21.5 Å². The van der Waals surface area contributed by atoms with Crippen LogP contribution in [-0.4, -0.2) is 0 Å². The van der Waals surface area contributed by atoms with Crippen LogP contribution in [0.3, 0.4) is 0 Å². The van der Waals surface area contributed by atoms with Gasteiger partial charge in [-0.05, 0) is 159 Å². The zero-order valence-electron chi connectivity index (χ0n) is 40.9. The van der Waals surface area contributed by atoms with E-state index in [2.05, 4.69) is 250 Å². The van der Waals surface area contributed by atoms with E-state index in [0.717, 1.165) is 0 Å². The first-order chi connectivity index (χ1) is 32.7. The van der Waals surface area contributed by atoms with Crippen molar-refractivity contribution in [1.82, 2.24) is 0 Å². The van der Waals surface area contributed by atoms with Crippen LogP contribution in [0.25, 0.3) is 88.3 Å².